The maximum Gasteiger partial charge on any atom is 0.330 e. The van der Waals surface area contributed by atoms with Crippen molar-refractivity contribution in [1.29, 1.82) is 0 Å². The standard InChI is InChI=1S/C15H26O3/c1-4-6-13-7-9-14(10-8-13)17-11-12(3)18-15(16)5-2/h5,12-14H,2,4,6-11H2,1,3H3. The maximum atomic E-state index is 11.0. The Kier molecular flexibility index (Phi) is 7.02. The van der Waals surface area contributed by atoms with Crippen molar-refractivity contribution < 1.29 is 14.3 Å². The molecule has 0 bridgehead atoms. The molecule has 0 saturated heterocycles. The highest BCUT2D eigenvalue weighted by molar-refractivity contribution is 5.81. The summed E-state index contributed by atoms with van der Waals surface area (Å²) >= 11 is 0. The van der Waals surface area contributed by atoms with Crippen LogP contribution in [-0.2, 0) is 14.3 Å². The summed E-state index contributed by atoms with van der Waals surface area (Å²) in [5.41, 5.74) is 0. The molecule has 0 amide bonds. The lowest BCUT2D eigenvalue weighted by Crippen LogP contribution is -2.27. The SMILES string of the molecule is C=CC(=O)OC(C)COC1CCC(CCC)CC1. The lowest BCUT2D eigenvalue weighted by molar-refractivity contribution is -0.146. The van der Waals surface area contributed by atoms with Gasteiger partial charge in [0.2, 0.25) is 0 Å². The smallest absolute Gasteiger partial charge is 0.330 e. The molecule has 0 aromatic rings. The Hall–Kier alpha value is -0.830. The molecule has 1 fully saturated rings. The minimum atomic E-state index is -0.377. The normalized spacial score (nSPS) is 25.4. The van der Waals surface area contributed by atoms with Crippen molar-refractivity contribution in [3.05, 3.63) is 12.7 Å². The molecule has 3 nitrogen and oxygen atoms in total. The fourth-order valence-electron chi connectivity index (χ4n) is 2.55. The van der Waals surface area contributed by atoms with E-state index in [-0.39, 0.29) is 12.1 Å². The number of esters is 1. The van der Waals surface area contributed by atoms with Crippen LogP contribution < -0.4 is 0 Å². The molecule has 0 aromatic carbocycles. The Morgan fingerprint density at radius 1 is 1.39 bits per heavy atom. The average Bonchev–Trinajstić information content (AvgIpc) is 2.38. The van der Waals surface area contributed by atoms with Crippen molar-refractivity contribution in [3.63, 3.8) is 0 Å². The predicted molar refractivity (Wildman–Crippen MR) is 72.4 cm³/mol. The third-order valence-corrected chi connectivity index (χ3v) is 3.54. The van der Waals surface area contributed by atoms with Crippen molar-refractivity contribution in [2.24, 2.45) is 5.92 Å². The van der Waals surface area contributed by atoms with Gasteiger partial charge in [0.05, 0.1) is 12.7 Å². The minimum absolute atomic E-state index is 0.191. The molecule has 3 heteroatoms. The summed E-state index contributed by atoms with van der Waals surface area (Å²) in [7, 11) is 0. The van der Waals surface area contributed by atoms with Gasteiger partial charge in [-0.3, -0.25) is 0 Å². The van der Waals surface area contributed by atoms with E-state index in [1.165, 1.54) is 31.8 Å². The highest BCUT2D eigenvalue weighted by atomic mass is 16.6. The molecule has 0 aliphatic heterocycles. The van der Waals surface area contributed by atoms with Gasteiger partial charge in [-0.2, -0.15) is 0 Å². The van der Waals surface area contributed by atoms with Crippen LogP contribution in [0.1, 0.15) is 52.4 Å². The fourth-order valence-corrected chi connectivity index (χ4v) is 2.55. The topological polar surface area (TPSA) is 35.5 Å². The molecule has 0 radical (unpaired) electrons. The molecule has 0 aromatic heterocycles. The molecule has 1 saturated carbocycles. The van der Waals surface area contributed by atoms with E-state index >= 15 is 0 Å². The molecule has 1 unspecified atom stereocenters. The lowest BCUT2D eigenvalue weighted by Gasteiger charge is -2.29. The second-order valence-electron chi connectivity index (χ2n) is 5.22. The van der Waals surface area contributed by atoms with Gasteiger partial charge in [-0.1, -0.05) is 26.3 Å². The third kappa shape index (κ3) is 5.67. The first-order valence-corrected chi connectivity index (χ1v) is 7.10. The van der Waals surface area contributed by atoms with Crippen LogP contribution in [-0.4, -0.2) is 24.8 Å². The Morgan fingerprint density at radius 2 is 2.06 bits per heavy atom. The van der Waals surface area contributed by atoms with Gasteiger partial charge in [-0.25, -0.2) is 4.79 Å². The zero-order valence-electron chi connectivity index (χ0n) is 11.7. The largest absolute Gasteiger partial charge is 0.457 e. The number of hydrogen-bond acceptors (Lipinski definition) is 3. The molecule has 18 heavy (non-hydrogen) atoms. The van der Waals surface area contributed by atoms with Gasteiger partial charge in [0.1, 0.15) is 6.10 Å². The Balaban J connectivity index is 2.13. The van der Waals surface area contributed by atoms with Crippen LogP contribution in [0.2, 0.25) is 0 Å². The van der Waals surface area contributed by atoms with Gasteiger partial charge in [-0.15, -0.1) is 0 Å². The summed E-state index contributed by atoms with van der Waals surface area (Å²) in [6, 6.07) is 0. The van der Waals surface area contributed by atoms with Gasteiger partial charge in [0, 0.05) is 6.08 Å². The van der Waals surface area contributed by atoms with Gasteiger partial charge < -0.3 is 9.47 Å². The number of hydrogen-bond donors (Lipinski definition) is 0. The van der Waals surface area contributed by atoms with E-state index < -0.39 is 0 Å². The first-order chi connectivity index (χ1) is 8.65. The second kappa shape index (κ2) is 8.30. The molecule has 0 N–H and O–H groups in total. The molecule has 1 aliphatic rings. The van der Waals surface area contributed by atoms with Gasteiger partial charge in [0.15, 0.2) is 0 Å². The Bertz CT molecular complexity index is 254. The molecular formula is C15H26O3. The molecule has 1 aliphatic carbocycles. The number of carbonyl (C=O) groups excluding carboxylic acids is 1. The first-order valence-electron chi connectivity index (χ1n) is 7.10. The maximum absolute atomic E-state index is 11.0. The zero-order valence-corrected chi connectivity index (χ0v) is 11.7. The summed E-state index contributed by atoms with van der Waals surface area (Å²) in [5.74, 6) is 0.517. The van der Waals surface area contributed by atoms with Crippen LogP contribution in [0.4, 0.5) is 0 Å². The highest BCUT2D eigenvalue weighted by Crippen LogP contribution is 2.29. The quantitative estimate of drug-likeness (QED) is 0.515. The van der Waals surface area contributed by atoms with E-state index in [0.29, 0.717) is 12.7 Å². The molecule has 0 spiro atoms. The lowest BCUT2D eigenvalue weighted by atomic mass is 9.85. The summed E-state index contributed by atoms with van der Waals surface area (Å²) in [6.45, 7) is 7.96. The van der Waals surface area contributed by atoms with Crippen molar-refractivity contribution >= 4 is 5.97 Å². The van der Waals surface area contributed by atoms with Crippen LogP contribution in [0.3, 0.4) is 0 Å². The summed E-state index contributed by atoms with van der Waals surface area (Å²) in [4.78, 5) is 11.0. The molecule has 1 rings (SSSR count). The van der Waals surface area contributed by atoms with Crippen molar-refractivity contribution in [2.45, 2.75) is 64.6 Å². The van der Waals surface area contributed by atoms with Gasteiger partial charge >= 0.3 is 5.97 Å². The monoisotopic (exact) mass is 254 g/mol. The van der Waals surface area contributed by atoms with Crippen LogP contribution in [0.5, 0.6) is 0 Å². The summed E-state index contributed by atoms with van der Waals surface area (Å²) in [5, 5.41) is 0. The van der Waals surface area contributed by atoms with Crippen LogP contribution in [0.25, 0.3) is 0 Å². The van der Waals surface area contributed by atoms with Gasteiger partial charge in [-0.05, 0) is 38.5 Å². The number of rotatable bonds is 7. The van der Waals surface area contributed by atoms with Crippen molar-refractivity contribution in [2.75, 3.05) is 6.61 Å². The predicted octanol–water partition coefficient (Wildman–Crippen LogP) is 3.48. The van der Waals surface area contributed by atoms with Gasteiger partial charge in [0.25, 0.3) is 0 Å². The molecular weight excluding hydrogens is 228 g/mol. The number of ether oxygens (including phenoxy) is 2. The van der Waals surface area contributed by atoms with E-state index in [4.69, 9.17) is 9.47 Å². The number of carbonyl (C=O) groups is 1. The summed E-state index contributed by atoms with van der Waals surface area (Å²) in [6.07, 6.45) is 8.82. The second-order valence-corrected chi connectivity index (χ2v) is 5.22. The van der Waals surface area contributed by atoms with Crippen LogP contribution in [0.15, 0.2) is 12.7 Å². The van der Waals surface area contributed by atoms with Crippen LogP contribution in [0, 0.1) is 5.92 Å². The van der Waals surface area contributed by atoms with Crippen molar-refractivity contribution in [1.82, 2.24) is 0 Å². The minimum Gasteiger partial charge on any atom is -0.457 e. The fraction of sp³-hybridized carbons (Fsp3) is 0.800. The van der Waals surface area contributed by atoms with E-state index in [1.54, 1.807) is 0 Å². The van der Waals surface area contributed by atoms with E-state index in [9.17, 15) is 4.79 Å². The van der Waals surface area contributed by atoms with E-state index in [2.05, 4.69) is 13.5 Å². The van der Waals surface area contributed by atoms with Crippen LogP contribution >= 0.6 is 0 Å². The average molecular weight is 254 g/mol. The third-order valence-electron chi connectivity index (χ3n) is 3.54. The summed E-state index contributed by atoms with van der Waals surface area (Å²) < 4.78 is 10.9. The molecule has 1 atom stereocenters. The Labute approximate surface area is 111 Å². The molecule has 104 valence electrons. The van der Waals surface area contributed by atoms with E-state index in [0.717, 1.165) is 18.8 Å². The zero-order chi connectivity index (χ0) is 13.4. The van der Waals surface area contributed by atoms with E-state index in [1.807, 2.05) is 6.92 Å². The first kappa shape index (κ1) is 15.2. The molecule has 0 heterocycles. The highest BCUT2D eigenvalue weighted by Gasteiger charge is 2.21. The van der Waals surface area contributed by atoms with Crippen molar-refractivity contribution in [3.8, 4) is 0 Å². The Morgan fingerprint density at radius 3 is 2.61 bits per heavy atom.